The van der Waals surface area contributed by atoms with Gasteiger partial charge >= 0.3 is 6.18 Å². The van der Waals surface area contributed by atoms with E-state index in [-0.39, 0.29) is 11.4 Å². The first kappa shape index (κ1) is 24.9. The smallest absolute Gasteiger partial charge is 0.334 e. The maximum absolute atomic E-state index is 13.5. The van der Waals surface area contributed by atoms with E-state index in [4.69, 9.17) is 5.41 Å². The Morgan fingerprint density at radius 1 is 1.18 bits per heavy atom. The highest BCUT2D eigenvalue weighted by Crippen LogP contribution is 2.37. The van der Waals surface area contributed by atoms with E-state index >= 15 is 0 Å². The summed E-state index contributed by atoms with van der Waals surface area (Å²) in [7, 11) is 1.75. The fraction of sp³-hybridized carbons (Fsp3) is 0.280. The van der Waals surface area contributed by atoms with Gasteiger partial charge in [0.15, 0.2) is 0 Å². The number of pyridine rings is 1. The van der Waals surface area contributed by atoms with Crippen molar-refractivity contribution in [2.45, 2.75) is 33.9 Å². The number of hydrogen-bond donors (Lipinski definition) is 2. The zero-order chi connectivity index (χ0) is 25.3. The molecule has 0 spiro atoms. The van der Waals surface area contributed by atoms with E-state index in [0.29, 0.717) is 22.8 Å². The number of carbonyl (C=O) groups excluding carboxylic acids is 1. The Morgan fingerprint density at radius 3 is 2.50 bits per heavy atom. The summed E-state index contributed by atoms with van der Waals surface area (Å²) in [5.74, 6) is -0.0170. The Morgan fingerprint density at radius 2 is 1.88 bits per heavy atom. The summed E-state index contributed by atoms with van der Waals surface area (Å²) in [6.45, 7) is 6.74. The molecule has 6 nitrogen and oxygen atoms in total. The summed E-state index contributed by atoms with van der Waals surface area (Å²) in [6, 6.07) is 7.21. The lowest BCUT2D eigenvalue weighted by Crippen LogP contribution is -2.28. The van der Waals surface area contributed by atoms with E-state index in [1.54, 1.807) is 63.0 Å². The first-order chi connectivity index (χ1) is 15.8. The molecule has 178 valence electrons. The second-order valence-corrected chi connectivity index (χ2v) is 8.97. The molecule has 3 aromatic rings. The van der Waals surface area contributed by atoms with Crippen LogP contribution in [-0.4, -0.2) is 26.2 Å². The summed E-state index contributed by atoms with van der Waals surface area (Å²) >= 11 is 0. The Kier molecular flexibility index (Phi) is 6.77. The molecule has 2 aromatic heterocycles. The Bertz CT molecular complexity index is 1270. The third kappa shape index (κ3) is 5.59. The van der Waals surface area contributed by atoms with Crippen LogP contribution in [0.3, 0.4) is 0 Å². The Labute approximate surface area is 196 Å². The standard InChI is InChI=1S/C25H26F3N5O/c1-15-7-6-12-30-22(15)18(29)10-11-21-31-20(14-33(21)5)16-8-9-17(25(26,27)28)19(13-16)32-23(34)24(2,3)4/h6-14,29H,1-5H3,(H,32,34)/b11-10-,29-18?. The summed E-state index contributed by atoms with van der Waals surface area (Å²) in [5.41, 5.74) is 0.375. The lowest BCUT2D eigenvalue weighted by atomic mass is 9.95. The van der Waals surface area contributed by atoms with Crippen LogP contribution in [0.5, 0.6) is 0 Å². The molecule has 0 aliphatic carbocycles. The number of aryl methyl sites for hydroxylation is 2. The third-order valence-electron chi connectivity index (χ3n) is 5.13. The van der Waals surface area contributed by atoms with Crippen LogP contribution in [0.4, 0.5) is 18.9 Å². The highest BCUT2D eigenvalue weighted by atomic mass is 19.4. The molecule has 2 heterocycles. The highest BCUT2D eigenvalue weighted by molar-refractivity contribution is 6.08. The number of nitrogens with one attached hydrogen (secondary N) is 2. The molecule has 0 saturated heterocycles. The first-order valence-electron chi connectivity index (χ1n) is 10.5. The van der Waals surface area contributed by atoms with Crippen LogP contribution < -0.4 is 5.32 Å². The number of rotatable bonds is 5. The molecular formula is C25H26F3N5O. The van der Waals surface area contributed by atoms with Crippen molar-refractivity contribution in [1.82, 2.24) is 14.5 Å². The number of carbonyl (C=O) groups is 1. The van der Waals surface area contributed by atoms with Gasteiger partial charge in [0.05, 0.1) is 28.4 Å². The number of benzene rings is 1. The molecule has 9 heteroatoms. The molecule has 0 unspecified atom stereocenters. The molecule has 1 aromatic carbocycles. The van der Waals surface area contributed by atoms with Crippen molar-refractivity contribution in [3.05, 3.63) is 71.4 Å². The second kappa shape index (κ2) is 9.24. The topological polar surface area (TPSA) is 83.7 Å². The van der Waals surface area contributed by atoms with Crippen LogP contribution in [0.2, 0.25) is 0 Å². The average Bonchev–Trinajstić information content (AvgIpc) is 3.11. The number of amides is 1. The van der Waals surface area contributed by atoms with Gasteiger partial charge in [0.1, 0.15) is 5.82 Å². The molecular weight excluding hydrogens is 443 g/mol. The molecule has 0 aliphatic rings. The highest BCUT2D eigenvalue weighted by Gasteiger charge is 2.35. The fourth-order valence-electron chi connectivity index (χ4n) is 3.14. The van der Waals surface area contributed by atoms with Crippen LogP contribution in [0.1, 0.15) is 43.4 Å². The number of nitrogens with zero attached hydrogens (tertiary/aromatic N) is 3. The number of anilines is 1. The van der Waals surface area contributed by atoms with Crippen molar-refractivity contribution >= 4 is 23.4 Å². The van der Waals surface area contributed by atoms with Crippen LogP contribution in [0.25, 0.3) is 17.3 Å². The minimum Gasteiger partial charge on any atom is -0.334 e. The molecule has 0 radical (unpaired) electrons. The predicted molar refractivity (Wildman–Crippen MR) is 127 cm³/mol. The fourth-order valence-corrected chi connectivity index (χ4v) is 3.14. The van der Waals surface area contributed by atoms with E-state index in [0.717, 1.165) is 11.6 Å². The van der Waals surface area contributed by atoms with Gasteiger partial charge < -0.3 is 9.88 Å². The zero-order valence-corrected chi connectivity index (χ0v) is 19.6. The quantitative estimate of drug-likeness (QED) is 0.458. The molecule has 0 fully saturated rings. The van der Waals surface area contributed by atoms with Crippen LogP contribution in [0, 0.1) is 17.7 Å². The molecule has 0 saturated carbocycles. The number of halogens is 3. The van der Waals surface area contributed by atoms with E-state index in [1.165, 1.54) is 12.1 Å². The minimum atomic E-state index is -4.62. The van der Waals surface area contributed by atoms with Crippen LogP contribution in [0.15, 0.2) is 48.8 Å². The summed E-state index contributed by atoms with van der Waals surface area (Å²) in [5, 5.41) is 10.7. The molecule has 34 heavy (non-hydrogen) atoms. The summed E-state index contributed by atoms with van der Waals surface area (Å²) in [6.07, 6.45) is 1.88. The SMILES string of the molecule is Cc1cccnc1C(=N)/C=C\c1nc(-c2ccc(C(F)(F)F)c(NC(=O)C(C)(C)C)c2)cn1C. The molecule has 0 aliphatic heterocycles. The van der Waals surface area contributed by atoms with Crippen molar-refractivity contribution in [3.8, 4) is 11.3 Å². The molecule has 1 amide bonds. The van der Waals surface area contributed by atoms with Crippen molar-refractivity contribution in [1.29, 1.82) is 5.41 Å². The van der Waals surface area contributed by atoms with E-state index in [2.05, 4.69) is 15.3 Å². The lowest BCUT2D eigenvalue weighted by Gasteiger charge is -2.20. The molecule has 0 bridgehead atoms. The lowest BCUT2D eigenvalue weighted by molar-refractivity contribution is -0.137. The van der Waals surface area contributed by atoms with E-state index in [9.17, 15) is 18.0 Å². The summed E-state index contributed by atoms with van der Waals surface area (Å²) < 4.78 is 42.3. The van der Waals surface area contributed by atoms with Gasteiger partial charge in [0, 0.05) is 30.4 Å². The van der Waals surface area contributed by atoms with Gasteiger partial charge in [-0.05, 0) is 42.8 Å². The maximum atomic E-state index is 13.5. The Hall–Kier alpha value is -3.75. The van der Waals surface area contributed by atoms with Crippen LogP contribution in [-0.2, 0) is 18.0 Å². The van der Waals surface area contributed by atoms with Gasteiger partial charge in [-0.15, -0.1) is 0 Å². The number of hydrogen-bond acceptors (Lipinski definition) is 4. The largest absolute Gasteiger partial charge is 0.418 e. The monoisotopic (exact) mass is 469 g/mol. The molecule has 0 atom stereocenters. The van der Waals surface area contributed by atoms with Gasteiger partial charge in [-0.3, -0.25) is 15.2 Å². The van der Waals surface area contributed by atoms with Crippen molar-refractivity contribution in [2.75, 3.05) is 5.32 Å². The average molecular weight is 470 g/mol. The molecule has 2 N–H and O–H groups in total. The number of imidazole rings is 1. The first-order valence-corrected chi connectivity index (χ1v) is 10.5. The zero-order valence-electron chi connectivity index (χ0n) is 19.6. The second-order valence-electron chi connectivity index (χ2n) is 8.97. The van der Waals surface area contributed by atoms with Gasteiger partial charge in [-0.1, -0.05) is 32.9 Å². The number of allylic oxidation sites excluding steroid dienone is 1. The van der Waals surface area contributed by atoms with Gasteiger partial charge in [0.2, 0.25) is 5.91 Å². The van der Waals surface area contributed by atoms with Gasteiger partial charge in [0.25, 0.3) is 0 Å². The normalized spacial score (nSPS) is 12.2. The van der Waals surface area contributed by atoms with Gasteiger partial charge in [-0.25, -0.2) is 4.98 Å². The number of alkyl halides is 3. The maximum Gasteiger partial charge on any atom is 0.418 e. The Balaban J connectivity index is 1.94. The molecule has 3 rings (SSSR count). The van der Waals surface area contributed by atoms with Crippen molar-refractivity contribution in [2.24, 2.45) is 12.5 Å². The van der Waals surface area contributed by atoms with Crippen molar-refractivity contribution in [3.63, 3.8) is 0 Å². The van der Waals surface area contributed by atoms with E-state index < -0.39 is 23.1 Å². The van der Waals surface area contributed by atoms with Crippen LogP contribution >= 0.6 is 0 Å². The van der Waals surface area contributed by atoms with Gasteiger partial charge in [-0.2, -0.15) is 13.2 Å². The number of aromatic nitrogens is 3. The third-order valence-corrected chi connectivity index (χ3v) is 5.13. The minimum absolute atomic E-state index is 0.212. The van der Waals surface area contributed by atoms with Crippen molar-refractivity contribution < 1.29 is 18.0 Å². The predicted octanol–water partition coefficient (Wildman–Crippen LogP) is 5.88. The summed E-state index contributed by atoms with van der Waals surface area (Å²) in [4.78, 5) is 21.1. The van der Waals surface area contributed by atoms with E-state index in [1.807, 2.05) is 13.0 Å².